The summed E-state index contributed by atoms with van der Waals surface area (Å²) in [6.45, 7) is 2.00. The van der Waals surface area contributed by atoms with Crippen LogP contribution in [0.3, 0.4) is 0 Å². The van der Waals surface area contributed by atoms with Crippen molar-refractivity contribution in [2.45, 2.75) is 13.3 Å². The molecule has 3 aromatic rings. The first-order chi connectivity index (χ1) is 12.1. The van der Waals surface area contributed by atoms with E-state index in [1.54, 1.807) is 6.20 Å². The minimum atomic E-state index is -0.0633. The van der Waals surface area contributed by atoms with Gasteiger partial charge in [-0.1, -0.05) is 41.9 Å². The predicted molar refractivity (Wildman–Crippen MR) is 102 cm³/mol. The number of hydrogen-bond acceptors (Lipinski definition) is 3. The van der Waals surface area contributed by atoms with Gasteiger partial charge in [-0.3, -0.25) is 4.79 Å². The number of amides is 1. The number of anilines is 3. The second-order valence-electron chi connectivity index (χ2n) is 5.72. The fraction of sp³-hybridized carbons (Fsp3) is 0.100. The first kappa shape index (κ1) is 17.0. The average Bonchev–Trinajstić information content (AvgIpc) is 2.59. The second-order valence-corrected chi connectivity index (χ2v) is 6.16. The third-order valence-corrected chi connectivity index (χ3v) is 3.99. The van der Waals surface area contributed by atoms with Gasteiger partial charge in [0, 0.05) is 10.7 Å². The highest BCUT2D eigenvalue weighted by Gasteiger charge is 2.06. The van der Waals surface area contributed by atoms with E-state index in [1.807, 2.05) is 67.6 Å². The largest absolute Gasteiger partial charge is 0.340 e. The van der Waals surface area contributed by atoms with E-state index in [9.17, 15) is 4.79 Å². The number of hydrogen-bond donors (Lipinski definition) is 2. The van der Waals surface area contributed by atoms with Gasteiger partial charge in [-0.15, -0.1) is 0 Å². The highest BCUT2D eigenvalue weighted by atomic mass is 35.5. The van der Waals surface area contributed by atoms with Crippen molar-refractivity contribution in [3.05, 3.63) is 83.0 Å². The van der Waals surface area contributed by atoms with E-state index in [1.165, 1.54) is 0 Å². The molecule has 1 heterocycles. The molecule has 126 valence electrons. The zero-order valence-corrected chi connectivity index (χ0v) is 14.5. The number of aryl methyl sites for hydroxylation is 1. The van der Waals surface area contributed by atoms with Crippen molar-refractivity contribution in [3.63, 3.8) is 0 Å². The van der Waals surface area contributed by atoms with Crippen LogP contribution in [0.15, 0.2) is 66.9 Å². The zero-order chi connectivity index (χ0) is 17.6. The highest BCUT2D eigenvalue weighted by molar-refractivity contribution is 6.30. The first-order valence-electron chi connectivity index (χ1n) is 7.93. The van der Waals surface area contributed by atoms with Gasteiger partial charge in [0.05, 0.1) is 18.3 Å². The lowest BCUT2D eigenvalue weighted by atomic mass is 10.1. The summed E-state index contributed by atoms with van der Waals surface area (Å²) >= 11 is 5.96. The Bertz CT molecular complexity index is 878. The molecule has 0 unspecified atom stereocenters. The molecule has 0 aliphatic rings. The quantitative estimate of drug-likeness (QED) is 0.682. The normalized spacial score (nSPS) is 10.3. The number of benzene rings is 2. The number of carbonyl (C=O) groups excluding carboxylic acids is 1. The van der Waals surface area contributed by atoms with Crippen LogP contribution in [0, 0.1) is 6.92 Å². The Labute approximate surface area is 151 Å². The molecule has 1 aromatic heterocycles. The smallest absolute Gasteiger partial charge is 0.228 e. The summed E-state index contributed by atoms with van der Waals surface area (Å²) in [5.41, 5.74) is 3.65. The Hall–Kier alpha value is -2.85. The van der Waals surface area contributed by atoms with Crippen LogP contribution in [-0.4, -0.2) is 10.9 Å². The summed E-state index contributed by atoms with van der Waals surface area (Å²) < 4.78 is 0. The fourth-order valence-electron chi connectivity index (χ4n) is 2.44. The molecule has 0 atom stereocenters. The van der Waals surface area contributed by atoms with Crippen LogP contribution in [0.1, 0.15) is 11.1 Å². The molecule has 25 heavy (non-hydrogen) atoms. The minimum Gasteiger partial charge on any atom is -0.340 e. The van der Waals surface area contributed by atoms with Gasteiger partial charge in [-0.05, 0) is 48.4 Å². The van der Waals surface area contributed by atoms with Gasteiger partial charge in [0.15, 0.2) is 0 Å². The SMILES string of the molecule is Cc1ccccc1CC(=O)Nc1ccc(Nc2cccc(Cl)c2)nc1. The molecule has 5 heteroatoms. The molecule has 0 saturated carbocycles. The monoisotopic (exact) mass is 351 g/mol. The molecule has 0 fully saturated rings. The lowest BCUT2D eigenvalue weighted by molar-refractivity contribution is -0.115. The Kier molecular flexibility index (Phi) is 5.31. The molecule has 0 bridgehead atoms. The van der Waals surface area contributed by atoms with Gasteiger partial charge in [-0.25, -0.2) is 4.98 Å². The van der Waals surface area contributed by atoms with Gasteiger partial charge >= 0.3 is 0 Å². The number of pyridine rings is 1. The second kappa shape index (κ2) is 7.81. The van der Waals surface area contributed by atoms with Gasteiger partial charge in [-0.2, -0.15) is 0 Å². The molecule has 3 rings (SSSR count). The summed E-state index contributed by atoms with van der Waals surface area (Å²) in [7, 11) is 0. The van der Waals surface area contributed by atoms with Crippen LogP contribution >= 0.6 is 11.6 Å². The van der Waals surface area contributed by atoms with Crippen molar-refractivity contribution in [2.24, 2.45) is 0 Å². The maximum absolute atomic E-state index is 12.2. The van der Waals surface area contributed by atoms with Crippen LogP contribution in [0.4, 0.5) is 17.2 Å². The minimum absolute atomic E-state index is 0.0633. The van der Waals surface area contributed by atoms with E-state index in [-0.39, 0.29) is 5.91 Å². The molecule has 2 aromatic carbocycles. The summed E-state index contributed by atoms with van der Waals surface area (Å²) in [5.74, 6) is 0.616. The molecular formula is C20H18ClN3O. The molecule has 0 saturated heterocycles. The fourth-order valence-corrected chi connectivity index (χ4v) is 2.63. The number of aromatic nitrogens is 1. The van der Waals surface area contributed by atoms with Crippen molar-refractivity contribution >= 4 is 34.7 Å². The van der Waals surface area contributed by atoms with Gasteiger partial charge < -0.3 is 10.6 Å². The van der Waals surface area contributed by atoms with Crippen LogP contribution in [0.5, 0.6) is 0 Å². The van der Waals surface area contributed by atoms with Crippen molar-refractivity contribution in [1.29, 1.82) is 0 Å². The molecule has 0 aliphatic heterocycles. The summed E-state index contributed by atoms with van der Waals surface area (Å²) in [6.07, 6.45) is 1.97. The molecule has 2 N–H and O–H groups in total. The maximum atomic E-state index is 12.2. The van der Waals surface area contributed by atoms with E-state index in [2.05, 4.69) is 15.6 Å². The van der Waals surface area contributed by atoms with E-state index in [0.717, 1.165) is 16.8 Å². The molecule has 4 nitrogen and oxygen atoms in total. The van der Waals surface area contributed by atoms with E-state index >= 15 is 0 Å². The van der Waals surface area contributed by atoms with Crippen LogP contribution < -0.4 is 10.6 Å². The predicted octanol–water partition coefficient (Wildman–Crippen LogP) is 4.97. The van der Waals surface area contributed by atoms with E-state index in [0.29, 0.717) is 22.9 Å². The topological polar surface area (TPSA) is 54.0 Å². The first-order valence-corrected chi connectivity index (χ1v) is 8.31. The summed E-state index contributed by atoms with van der Waals surface area (Å²) in [4.78, 5) is 16.5. The van der Waals surface area contributed by atoms with Gasteiger partial charge in [0.2, 0.25) is 5.91 Å². The zero-order valence-electron chi connectivity index (χ0n) is 13.8. The molecule has 1 amide bonds. The van der Waals surface area contributed by atoms with Gasteiger partial charge in [0.1, 0.15) is 5.82 Å². The summed E-state index contributed by atoms with van der Waals surface area (Å²) in [5, 5.41) is 6.69. The van der Waals surface area contributed by atoms with Crippen molar-refractivity contribution in [3.8, 4) is 0 Å². The molecule has 0 radical (unpaired) electrons. The molecular weight excluding hydrogens is 334 g/mol. The number of nitrogens with one attached hydrogen (secondary N) is 2. The average molecular weight is 352 g/mol. The van der Waals surface area contributed by atoms with Crippen molar-refractivity contribution in [2.75, 3.05) is 10.6 Å². The number of nitrogens with zero attached hydrogens (tertiary/aromatic N) is 1. The van der Waals surface area contributed by atoms with Crippen molar-refractivity contribution < 1.29 is 4.79 Å². The number of carbonyl (C=O) groups is 1. The van der Waals surface area contributed by atoms with Gasteiger partial charge in [0.25, 0.3) is 0 Å². The lowest BCUT2D eigenvalue weighted by Crippen LogP contribution is -2.15. The maximum Gasteiger partial charge on any atom is 0.228 e. The standard InChI is InChI=1S/C20H18ClN3O/c1-14-5-2-3-6-15(14)11-20(25)24-18-9-10-19(22-13-18)23-17-8-4-7-16(21)12-17/h2-10,12-13H,11H2,1H3,(H,22,23)(H,24,25). The summed E-state index contributed by atoms with van der Waals surface area (Å²) in [6, 6.07) is 18.9. The Morgan fingerprint density at radius 1 is 1.04 bits per heavy atom. The van der Waals surface area contributed by atoms with E-state index < -0.39 is 0 Å². The Balaban J connectivity index is 1.60. The van der Waals surface area contributed by atoms with Crippen molar-refractivity contribution in [1.82, 2.24) is 4.98 Å². The molecule has 0 aliphatic carbocycles. The third kappa shape index (κ3) is 4.81. The highest BCUT2D eigenvalue weighted by Crippen LogP contribution is 2.19. The van der Waals surface area contributed by atoms with Crippen LogP contribution in [0.25, 0.3) is 0 Å². The van der Waals surface area contributed by atoms with E-state index in [4.69, 9.17) is 11.6 Å². The number of halogens is 1. The Morgan fingerprint density at radius 3 is 2.60 bits per heavy atom. The van der Waals surface area contributed by atoms with Crippen LogP contribution in [-0.2, 0) is 11.2 Å². The number of rotatable bonds is 5. The lowest BCUT2D eigenvalue weighted by Gasteiger charge is -2.09. The third-order valence-electron chi connectivity index (χ3n) is 3.76. The Morgan fingerprint density at radius 2 is 1.88 bits per heavy atom. The molecule has 0 spiro atoms. The van der Waals surface area contributed by atoms with Crippen LogP contribution in [0.2, 0.25) is 5.02 Å².